The van der Waals surface area contributed by atoms with Gasteiger partial charge in [-0.3, -0.25) is 4.99 Å². The van der Waals surface area contributed by atoms with Crippen LogP contribution in [0.25, 0.3) is 0 Å². The molecule has 24 heavy (non-hydrogen) atoms. The fourth-order valence-corrected chi connectivity index (χ4v) is 3.64. The number of fused-ring (bicyclic) bond motifs is 1. The number of hydrogen-bond donors (Lipinski definition) is 1. The lowest BCUT2D eigenvalue weighted by molar-refractivity contribution is 0.157. The minimum Gasteiger partial charge on any atom is -0.454 e. The summed E-state index contributed by atoms with van der Waals surface area (Å²) in [6.07, 6.45) is 1.14. The van der Waals surface area contributed by atoms with Gasteiger partial charge in [-0.05, 0) is 40.0 Å². The van der Waals surface area contributed by atoms with Crippen molar-refractivity contribution in [3.63, 3.8) is 0 Å². The van der Waals surface area contributed by atoms with Crippen molar-refractivity contribution in [2.24, 2.45) is 10.9 Å². The summed E-state index contributed by atoms with van der Waals surface area (Å²) >= 11 is 3.53. The normalized spacial score (nSPS) is 19.4. The molecule has 1 saturated heterocycles. The van der Waals surface area contributed by atoms with E-state index in [1.165, 1.54) is 0 Å². The molecule has 2 aliphatic rings. The van der Waals surface area contributed by atoms with Crippen LogP contribution < -0.4 is 14.8 Å². The predicted molar refractivity (Wildman–Crippen MR) is 107 cm³/mol. The maximum absolute atomic E-state index is 5.46. The Balaban J connectivity index is 0.00000208. The van der Waals surface area contributed by atoms with Crippen molar-refractivity contribution in [2.75, 3.05) is 40.6 Å². The minimum absolute atomic E-state index is 0. The third-order valence-corrected chi connectivity index (χ3v) is 4.73. The Morgan fingerprint density at radius 2 is 2.29 bits per heavy atom. The summed E-state index contributed by atoms with van der Waals surface area (Å²) in [6, 6.07) is 4.05. The molecule has 134 valence electrons. The molecule has 1 N–H and O–H groups in total. The van der Waals surface area contributed by atoms with Gasteiger partial charge in [0.15, 0.2) is 17.5 Å². The zero-order valence-electron chi connectivity index (χ0n) is 13.9. The van der Waals surface area contributed by atoms with Crippen LogP contribution in [0.2, 0.25) is 0 Å². The van der Waals surface area contributed by atoms with Gasteiger partial charge in [-0.2, -0.15) is 0 Å². The number of nitrogens with zero attached hydrogens (tertiary/aromatic N) is 2. The maximum atomic E-state index is 5.46. The fourth-order valence-electron chi connectivity index (χ4n) is 3.03. The first-order valence-corrected chi connectivity index (χ1v) is 8.53. The summed E-state index contributed by atoms with van der Waals surface area (Å²) in [4.78, 5) is 6.68. The molecule has 2 aliphatic heterocycles. The van der Waals surface area contributed by atoms with Crippen LogP contribution in [0.5, 0.6) is 11.5 Å². The summed E-state index contributed by atoms with van der Waals surface area (Å²) in [6.45, 7) is 3.77. The average Bonchev–Trinajstić information content (AvgIpc) is 3.18. The number of likely N-dealkylation sites (tertiary alicyclic amines) is 1. The zero-order chi connectivity index (χ0) is 16.2. The van der Waals surface area contributed by atoms with Gasteiger partial charge >= 0.3 is 0 Å². The summed E-state index contributed by atoms with van der Waals surface area (Å²) in [5, 5.41) is 3.43. The molecule has 0 aromatic heterocycles. The highest BCUT2D eigenvalue weighted by atomic mass is 127. The van der Waals surface area contributed by atoms with Gasteiger partial charge in [0.05, 0.1) is 11.1 Å². The van der Waals surface area contributed by atoms with Gasteiger partial charge in [-0.15, -0.1) is 24.0 Å². The Bertz CT molecular complexity index is 600. The summed E-state index contributed by atoms with van der Waals surface area (Å²) in [5.74, 6) is 3.07. The van der Waals surface area contributed by atoms with Crippen LogP contribution in [0, 0.1) is 5.92 Å². The van der Waals surface area contributed by atoms with Crippen molar-refractivity contribution in [2.45, 2.75) is 13.0 Å². The van der Waals surface area contributed by atoms with Crippen LogP contribution in [0.1, 0.15) is 12.0 Å². The molecule has 1 atom stereocenters. The van der Waals surface area contributed by atoms with E-state index < -0.39 is 0 Å². The van der Waals surface area contributed by atoms with E-state index in [0.29, 0.717) is 12.5 Å². The number of ether oxygens (including phenoxy) is 3. The van der Waals surface area contributed by atoms with Crippen molar-refractivity contribution >= 4 is 45.9 Å². The third-order valence-electron chi connectivity index (χ3n) is 4.14. The monoisotopic (exact) mass is 511 g/mol. The largest absolute Gasteiger partial charge is 0.454 e. The number of halogens is 2. The number of nitrogens with one attached hydrogen (secondary N) is 1. The van der Waals surface area contributed by atoms with Gasteiger partial charge in [0.1, 0.15) is 0 Å². The predicted octanol–water partition coefficient (Wildman–Crippen LogP) is 2.84. The number of methoxy groups -OCH3 is 1. The Morgan fingerprint density at radius 3 is 3.04 bits per heavy atom. The summed E-state index contributed by atoms with van der Waals surface area (Å²) in [7, 11) is 3.58. The first-order valence-electron chi connectivity index (χ1n) is 7.73. The van der Waals surface area contributed by atoms with E-state index in [0.717, 1.165) is 53.6 Å². The minimum atomic E-state index is 0. The molecule has 3 rings (SSSR count). The molecule has 0 spiro atoms. The summed E-state index contributed by atoms with van der Waals surface area (Å²) in [5.41, 5.74) is 1.12. The molecule has 8 heteroatoms. The highest BCUT2D eigenvalue weighted by Gasteiger charge is 2.25. The number of aliphatic imine (C=N–C) groups is 1. The van der Waals surface area contributed by atoms with Crippen molar-refractivity contribution < 1.29 is 14.2 Å². The maximum Gasteiger partial charge on any atom is 0.231 e. The van der Waals surface area contributed by atoms with Gasteiger partial charge in [0, 0.05) is 39.7 Å². The Hall–Kier alpha value is -0.740. The molecule has 6 nitrogen and oxygen atoms in total. The van der Waals surface area contributed by atoms with E-state index in [-0.39, 0.29) is 30.8 Å². The molecule has 0 radical (unpaired) electrons. The van der Waals surface area contributed by atoms with E-state index in [2.05, 4.69) is 31.1 Å². The average molecular weight is 512 g/mol. The molecule has 1 aromatic rings. The van der Waals surface area contributed by atoms with Gasteiger partial charge in [0.25, 0.3) is 0 Å². The van der Waals surface area contributed by atoms with Gasteiger partial charge < -0.3 is 24.4 Å². The lowest BCUT2D eigenvalue weighted by Crippen LogP contribution is -2.39. The van der Waals surface area contributed by atoms with Crippen LogP contribution in [0.3, 0.4) is 0 Å². The quantitative estimate of drug-likeness (QED) is 0.383. The third kappa shape index (κ3) is 4.45. The van der Waals surface area contributed by atoms with Gasteiger partial charge in [0.2, 0.25) is 6.79 Å². The molecule has 0 amide bonds. The number of hydrogen-bond acceptors (Lipinski definition) is 4. The van der Waals surface area contributed by atoms with Crippen molar-refractivity contribution in [1.29, 1.82) is 0 Å². The Kier molecular flexibility index (Phi) is 7.42. The van der Waals surface area contributed by atoms with Gasteiger partial charge in [-0.25, -0.2) is 0 Å². The standard InChI is InChI=1S/C16H22BrN3O3.HI/c1-18-16(20-4-3-11(8-20)9-21-2)19-7-12-5-13(17)15-14(6-12)22-10-23-15;/h5-6,11H,3-4,7-10H2,1-2H3,(H,18,19);1H. The summed E-state index contributed by atoms with van der Waals surface area (Å²) < 4.78 is 17.0. The topological polar surface area (TPSA) is 55.3 Å². The van der Waals surface area contributed by atoms with E-state index in [1.807, 2.05) is 19.2 Å². The van der Waals surface area contributed by atoms with Crippen molar-refractivity contribution in [1.82, 2.24) is 10.2 Å². The van der Waals surface area contributed by atoms with E-state index in [9.17, 15) is 0 Å². The van der Waals surface area contributed by atoms with Crippen LogP contribution >= 0.6 is 39.9 Å². The molecule has 0 aliphatic carbocycles. The molecule has 1 unspecified atom stereocenters. The number of rotatable bonds is 4. The number of benzene rings is 1. The Morgan fingerprint density at radius 1 is 1.46 bits per heavy atom. The first kappa shape index (κ1) is 19.6. The molecule has 1 fully saturated rings. The van der Waals surface area contributed by atoms with E-state index in [4.69, 9.17) is 14.2 Å². The fraction of sp³-hybridized carbons (Fsp3) is 0.562. The second-order valence-corrected chi connectivity index (χ2v) is 6.62. The molecular formula is C16H23BrIN3O3. The SMILES string of the molecule is CN=C(NCc1cc(Br)c2c(c1)OCO2)N1CCC(COC)C1.I. The molecule has 0 bridgehead atoms. The second kappa shape index (κ2) is 9.10. The lowest BCUT2D eigenvalue weighted by Gasteiger charge is -2.21. The van der Waals surface area contributed by atoms with E-state index in [1.54, 1.807) is 7.11 Å². The van der Waals surface area contributed by atoms with Crippen LogP contribution in [0.15, 0.2) is 21.6 Å². The molecule has 2 heterocycles. The molecular weight excluding hydrogens is 489 g/mol. The highest BCUT2D eigenvalue weighted by molar-refractivity contribution is 14.0. The zero-order valence-corrected chi connectivity index (χ0v) is 17.8. The van der Waals surface area contributed by atoms with Gasteiger partial charge in [-0.1, -0.05) is 0 Å². The first-order chi connectivity index (χ1) is 11.2. The highest BCUT2D eigenvalue weighted by Crippen LogP contribution is 2.39. The second-order valence-electron chi connectivity index (χ2n) is 5.77. The van der Waals surface area contributed by atoms with Crippen LogP contribution in [-0.2, 0) is 11.3 Å². The van der Waals surface area contributed by atoms with Crippen molar-refractivity contribution in [3.05, 3.63) is 22.2 Å². The molecule has 0 saturated carbocycles. The van der Waals surface area contributed by atoms with Crippen LogP contribution in [-0.4, -0.2) is 51.5 Å². The number of guanidine groups is 1. The smallest absolute Gasteiger partial charge is 0.231 e. The Labute approximate surface area is 168 Å². The molecule has 1 aromatic carbocycles. The van der Waals surface area contributed by atoms with E-state index >= 15 is 0 Å². The van der Waals surface area contributed by atoms with Crippen molar-refractivity contribution in [3.8, 4) is 11.5 Å². The lowest BCUT2D eigenvalue weighted by atomic mass is 10.1. The van der Waals surface area contributed by atoms with Crippen LogP contribution in [0.4, 0.5) is 0 Å².